The first-order valence-electron chi connectivity index (χ1n) is 6.04. The predicted molar refractivity (Wildman–Crippen MR) is 74.2 cm³/mol. The molecule has 0 unspecified atom stereocenters. The lowest BCUT2D eigenvalue weighted by atomic mass is 10.1. The molecule has 0 fully saturated rings. The monoisotopic (exact) mass is 270 g/mol. The Kier molecular flexibility index (Phi) is 4.90. The first-order valence-corrected chi connectivity index (χ1v) is 7.48. The molecule has 102 valence electrons. The highest BCUT2D eigenvalue weighted by atomic mass is 32.2. The molecule has 1 N–H and O–H groups in total. The maximum Gasteiger partial charge on any atom is 0.242 e. The van der Waals surface area contributed by atoms with E-state index < -0.39 is 10.0 Å². The fraction of sp³-hybridized carbons (Fsp3) is 0.538. The average molecular weight is 270 g/mol. The molecule has 0 atom stereocenters. The van der Waals surface area contributed by atoms with Gasteiger partial charge < -0.3 is 5.32 Å². The van der Waals surface area contributed by atoms with Crippen molar-refractivity contribution in [1.29, 1.82) is 0 Å². The highest BCUT2D eigenvalue weighted by Crippen LogP contribution is 2.22. The van der Waals surface area contributed by atoms with Gasteiger partial charge in [0.2, 0.25) is 10.0 Å². The molecular weight excluding hydrogens is 248 g/mol. The Morgan fingerprint density at radius 3 is 2.28 bits per heavy atom. The SMILES string of the molecule is CCNCc1cc(S(=O)(=O)N(C)C)c(C)cc1C. The third-order valence-electron chi connectivity index (χ3n) is 2.96. The third kappa shape index (κ3) is 3.10. The molecule has 0 spiro atoms. The lowest BCUT2D eigenvalue weighted by molar-refractivity contribution is 0.520. The van der Waals surface area contributed by atoms with E-state index >= 15 is 0 Å². The Morgan fingerprint density at radius 2 is 1.78 bits per heavy atom. The Hall–Kier alpha value is -0.910. The highest BCUT2D eigenvalue weighted by molar-refractivity contribution is 7.89. The summed E-state index contributed by atoms with van der Waals surface area (Å²) in [6.07, 6.45) is 0. The fourth-order valence-electron chi connectivity index (χ4n) is 1.80. The molecule has 0 bridgehead atoms. The van der Waals surface area contributed by atoms with E-state index in [0.29, 0.717) is 11.4 Å². The molecule has 0 radical (unpaired) electrons. The van der Waals surface area contributed by atoms with Crippen LogP contribution in [0.1, 0.15) is 23.6 Å². The summed E-state index contributed by atoms with van der Waals surface area (Å²) in [5.41, 5.74) is 2.94. The molecule has 0 aliphatic heterocycles. The van der Waals surface area contributed by atoms with E-state index in [4.69, 9.17) is 0 Å². The Bertz CT molecular complexity index is 522. The smallest absolute Gasteiger partial charge is 0.242 e. The lowest BCUT2D eigenvalue weighted by Crippen LogP contribution is -2.23. The van der Waals surface area contributed by atoms with Crippen molar-refractivity contribution < 1.29 is 8.42 Å². The highest BCUT2D eigenvalue weighted by Gasteiger charge is 2.20. The van der Waals surface area contributed by atoms with Gasteiger partial charge in [-0.3, -0.25) is 0 Å². The van der Waals surface area contributed by atoms with E-state index in [1.54, 1.807) is 20.2 Å². The second-order valence-corrected chi connectivity index (χ2v) is 6.73. The number of benzene rings is 1. The second kappa shape index (κ2) is 5.82. The van der Waals surface area contributed by atoms with Crippen LogP contribution in [0, 0.1) is 13.8 Å². The summed E-state index contributed by atoms with van der Waals surface area (Å²) in [6.45, 7) is 7.43. The molecule has 0 heterocycles. The zero-order chi connectivity index (χ0) is 13.9. The molecule has 0 amide bonds. The number of aryl methyl sites for hydroxylation is 2. The number of rotatable bonds is 5. The van der Waals surface area contributed by atoms with Crippen molar-refractivity contribution in [3.05, 3.63) is 28.8 Å². The van der Waals surface area contributed by atoms with Gasteiger partial charge in [0, 0.05) is 20.6 Å². The summed E-state index contributed by atoms with van der Waals surface area (Å²) >= 11 is 0. The summed E-state index contributed by atoms with van der Waals surface area (Å²) in [5.74, 6) is 0. The molecular formula is C13H22N2O2S. The zero-order valence-corrected chi connectivity index (χ0v) is 12.6. The van der Waals surface area contributed by atoms with Crippen LogP contribution in [0.25, 0.3) is 0 Å². The van der Waals surface area contributed by atoms with Crippen LogP contribution < -0.4 is 5.32 Å². The zero-order valence-electron chi connectivity index (χ0n) is 11.7. The van der Waals surface area contributed by atoms with E-state index in [0.717, 1.165) is 23.2 Å². The van der Waals surface area contributed by atoms with Gasteiger partial charge in [-0.25, -0.2) is 12.7 Å². The Morgan fingerprint density at radius 1 is 1.17 bits per heavy atom. The molecule has 0 aliphatic carbocycles. The number of nitrogens with one attached hydrogen (secondary N) is 1. The van der Waals surface area contributed by atoms with Crippen LogP contribution in [0.15, 0.2) is 17.0 Å². The van der Waals surface area contributed by atoms with Crippen LogP contribution in [0.4, 0.5) is 0 Å². The molecule has 4 nitrogen and oxygen atoms in total. The van der Waals surface area contributed by atoms with Crippen molar-refractivity contribution in [2.75, 3.05) is 20.6 Å². The van der Waals surface area contributed by atoms with Gasteiger partial charge in [0.1, 0.15) is 0 Å². The van der Waals surface area contributed by atoms with Crippen molar-refractivity contribution in [2.45, 2.75) is 32.2 Å². The molecule has 1 aromatic carbocycles. The summed E-state index contributed by atoms with van der Waals surface area (Å²) in [7, 11) is -0.258. The molecule has 0 aliphatic rings. The normalized spacial score (nSPS) is 12.1. The van der Waals surface area contributed by atoms with Crippen LogP contribution in [0.5, 0.6) is 0 Å². The van der Waals surface area contributed by atoms with E-state index in [9.17, 15) is 8.42 Å². The molecule has 18 heavy (non-hydrogen) atoms. The van der Waals surface area contributed by atoms with E-state index in [2.05, 4.69) is 5.32 Å². The van der Waals surface area contributed by atoms with Crippen molar-refractivity contribution in [1.82, 2.24) is 9.62 Å². The fourth-order valence-corrected chi connectivity index (χ4v) is 2.95. The van der Waals surface area contributed by atoms with Crippen molar-refractivity contribution in [3.63, 3.8) is 0 Å². The largest absolute Gasteiger partial charge is 0.313 e. The van der Waals surface area contributed by atoms with Crippen molar-refractivity contribution in [3.8, 4) is 0 Å². The first kappa shape index (κ1) is 15.1. The van der Waals surface area contributed by atoms with Crippen LogP contribution in [0.2, 0.25) is 0 Å². The van der Waals surface area contributed by atoms with Crippen molar-refractivity contribution in [2.24, 2.45) is 0 Å². The molecule has 1 aromatic rings. The minimum absolute atomic E-state index is 0.394. The maximum absolute atomic E-state index is 12.2. The molecule has 0 aromatic heterocycles. The van der Waals surface area contributed by atoms with Gasteiger partial charge in [-0.05, 0) is 43.1 Å². The minimum Gasteiger partial charge on any atom is -0.313 e. The first-order chi connectivity index (χ1) is 8.30. The topological polar surface area (TPSA) is 49.4 Å². The Labute approximate surface area is 110 Å². The van der Waals surface area contributed by atoms with Crippen LogP contribution >= 0.6 is 0 Å². The lowest BCUT2D eigenvalue weighted by Gasteiger charge is -2.16. The van der Waals surface area contributed by atoms with Gasteiger partial charge in [0.25, 0.3) is 0 Å². The number of hydrogen-bond donors (Lipinski definition) is 1. The molecule has 1 rings (SSSR count). The second-order valence-electron chi connectivity index (χ2n) is 4.61. The minimum atomic E-state index is -3.37. The quantitative estimate of drug-likeness (QED) is 0.885. The summed E-state index contributed by atoms with van der Waals surface area (Å²) < 4.78 is 25.6. The summed E-state index contributed by atoms with van der Waals surface area (Å²) in [5, 5.41) is 3.22. The summed E-state index contributed by atoms with van der Waals surface area (Å²) in [4.78, 5) is 0.394. The predicted octanol–water partition coefficient (Wildman–Crippen LogP) is 1.66. The number of hydrogen-bond acceptors (Lipinski definition) is 3. The molecule has 5 heteroatoms. The Balaban J connectivity index is 3.29. The molecule has 0 saturated carbocycles. The summed E-state index contributed by atoms with van der Waals surface area (Å²) in [6, 6.07) is 3.71. The van der Waals surface area contributed by atoms with E-state index in [-0.39, 0.29) is 0 Å². The third-order valence-corrected chi connectivity index (χ3v) is 4.91. The van der Waals surface area contributed by atoms with Crippen LogP contribution in [-0.4, -0.2) is 33.4 Å². The van der Waals surface area contributed by atoms with Gasteiger partial charge in [-0.1, -0.05) is 13.0 Å². The van der Waals surface area contributed by atoms with Gasteiger partial charge >= 0.3 is 0 Å². The molecule has 0 saturated heterocycles. The number of nitrogens with zero attached hydrogens (tertiary/aromatic N) is 1. The van der Waals surface area contributed by atoms with Crippen LogP contribution in [0.3, 0.4) is 0 Å². The maximum atomic E-state index is 12.2. The van der Waals surface area contributed by atoms with E-state index in [1.165, 1.54) is 4.31 Å². The standard InChI is InChI=1S/C13H22N2O2S/c1-6-14-9-12-8-13(11(3)7-10(12)2)18(16,17)15(4)5/h7-8,14H,6,9H2,1-5H3. The van der Waals surface area contributed by atoms with Gasteiger partial charge in [0.15, 0.2) is 0 Å². The van der Waals surface area contributed by atoms with E-state index in [1.807, 2.05) is 26.8 Å². The van der Waals surface area contributed by atoms with Crippen LogP contribution in [-0.2, 0) is 16.6 Å². The van der Waals surface area contributed by atoms with Gasteiger partial charge in [-0.2, -0.15) is 0 Å². The van der Waals surface area contributed by atoms with Gasteiger partial charge in [-0.15, -0.1) is 0 Å². The van der Waals surface area contributed by atoms with Gasteiger partial charge in [0.05, 0.1) is 4.90 Å². The van der Waals surface area contributed by atoms with Crippen molar-refractivity contribution >= 4 is 10.0 Å². The average Bonchev–Trinajstić information content (AvgIpc) is 2.27. The number of sulfonamides is 1.